The predicted molar refractivity (Wildman–Crippen MR) is 115 cm³/mol. The van der Waals surface area contributed by atoms with E-state index < -0.39 is 0 Å². The largest absolute Gasteiger partial charge is 0.377 e. The molecule has 1 aliphatic heterocycles. The van der Waals surface area contributed by atoms with E-state index in [2.05, 4.69) is 67.6 Å². The SMILES string of the molecule is CN=C(NCC(C)c1cccc(C)c1)NC1C2CCOC2C1(C)C.I. The van der Waals surface area contributed by atoms with E-state index in [9.17, 15) is 0 Å². The highest BCUT2D eigenvalue weighted by Crippen LogP contribution is 2.52. The Morgan fingerprint density at radius 1 is 1.40 bits per heavy atom. The Morgan fingerprint density at radius 2 is 2.16 bits per heavy atom. The molecule has 25 heavy (non-hydrogen) atoms. The maximum absolute atomic E-state index is 5.88. The van der Waals surface area contributed by atoms with Gasteiger partial charge in [0, 0.05) is 37.6 Å². The zero-order valence-corrected chi connectivity index (χ0v) is 18.3. The second-order valence-corrected chi connectivity index (χ2v) is 7.96. The topological polar surface area (TPSA) is 45.7 Å². The van der Waals surface area contributed by atoms with Crippen molar-refractivity contribution in [3.8, 4) is 0 Å². The van der Waals surface area contributed by atoms with E-state index in [0.717, 1.165) is 25.5 Å². The first-order valence-electron chi connectivity index (χ1n) is 9.09. The Hall–Kier alpha value is -0.820. The molecule has 1 saturated heterocycles. The third-order valence-electron chi connectivity index (χ3n) is 5.80. The molecule has 2 N–H and O–H groups in total. The average Bonchev–Trinajstić information content (AvgIpc) is 3.01. The van der Waals surface area contributed by atoms with Gasteiger partial charge >= 0.3 is 0 Å². The number of halogens is 1. The summed E-state index contributed by atoms with van der Waals surface area (Å²) >= 11 is 0. The van der Waals surface area contributed by atoms with E-state index in [1.165, 1.54) is 11.1 Å². The van der Waals surface area contributed by atoms with Gasteiger partial charge in [-0.3, -0.25) is 4.99 Å². The standard InChI is InChI=1S/C20H31N3O.HI/c1-13-7-6-8-15(11-13)14(2)12-22-19(21-5)23-17-16-9-10-24-18(16)20(17,3)4;/h6-8,11,14,16-18H,9-10,12H2,1-5H3,(H2,21,22,23);1H. The predicted octanol–water partition coefficient (Wildman–Crippen LogP) is 3.70. The molecule has 2 fully saturated rings. The molecule has 1 saturated carbocycles. The van der Waals surface area contributed by atoms with Crippen molar-refractivity contribution in [2.45, 2.75) is 52.2 Å². The van der Waals surface area contributed by atoms with Crippen molar-refractivity contribution in [2.24, 2.45) is 16.3 Å². The molecule has 140 valence electrons. The fraction of sp³-hybridized carbons (Fsp3) is 0.650. The summed E-state index contributed by atoms with van der Waals surface area (Å²) in [5, 5.41) is 7.14. The number of nitrogens with zero attached hydrogens (tertiary/aromatic N) is 1. The molecule has 1 aromatic carbocycles. The molecular weight excluding hydrogens is 425 g/mol. The third-order valence-corrected chi connectivity index (χ3v) is 5.80. The summed E-state index contributed by atoms with van der Waals surface area (Å²) in [7, 11) is 1.85. The van der Waals surface area contributed by atoms with Gasteiger partial charge in [-0.15, -0.1) is 24.0 Å². The van der Waals surface area contributed by atoms with Crippen LogP contribution in [0.4, 0.5) is 0 Å². The molecule has 0 spiro atoms. The lowest BCUT2D eigenvalue weighted by atomic mass is 9.57. The number of benzene rings is 1. The minimum absolute atomic E-state index is 0. The maximum Gasteiger partial charge on any atom is 0.191 e. The van der Waals surface area contributed by atoms with Crippen molar-refractivity contribution in [1.29, 1.82) is 0 Å². The van der Waals surface area contributed by atoms with Crippen LogP contribution in [-0.4, -0.2) is 38.3 Å². The smallest absolute Gasteiger partial charge is 0.191 e. The van der Waals surface area contributed by atoms with Gasteiger partial charge in [0.2, 0.25) is 0 Å². The van der Waals surface area contributed by atoms with E-state index in [1.54, 1.807) is 0 Å². The fourth-order valence-corrected chi connectivity index (χ4v) is 4.30. The highest BCUT2D eigenvalue weighted by Gasteiger charge is 2.59. The lowest BCUT2D eigenvalue weighted by molar-refractivity contribution is -0.106. The Labute approximate surface area is 169 Å². The quantitative estimate of drug-likeness (QED) is 0.412. The van der Waals surface area contributed by atoms with Gasteiger partial charge in [-0.2, -0.15) is 0 Å². The lowest BCUT2D eigenvalue weighted by Crippen LogP contribution is -2.68. The van der Waals surface area contributed by atoms with Crippen molar-refractivity contribution >= 4 is 29.9 Å². The van der Waals surface area contributed by atoms with Crippen LogP contribution in [0.5, 0.6) is 0 Å². The third kappa shape index (κ3) is 4.13. The van der Waals surface area contributed by atoms with Crippen LogP contribution in [0, 0.1) is 18.3 Å². The molecule has 0 radical (unpaired) electrons. The first kappa shape index (κ1) is 20.5. The van der Waals surface area contributed by atoms with E-state index in [0.29, 0.717) is 24.0 Å². The first-order chi connectivity index (χ1) is 11.4. The molecule has 0 amide bonds. The van der Waals surface area contributed by atoms with Gasteiger partial charge in [0.1, 0.15) is 0 Å². The van der Waals surface area contributed by atoms with Gasteiger partial charge in [-0.05, 0) is 24.8 Å². The molecule has 0 bridgehead atoms. The van der Waals surface area contributed by atoms with Gasteiger partial charge < -0.3 is 15.4 Å². The molecule has 1 heterocycles. The number of guanidine groups is 1. The number of nitrogens with one attached hydrogen (secondary N) is 2. The molecule has 4 nitrogen and oxygen atoms in total. The summed E-state index contributed by atoms with van der Waals surface area (Å²) in [5.74, 6) is 1.96. The van der Waals surface area contributed by atoms with Gasteiger partial charge in [-0.25, -0.2) is 0 Å². The summed E-state index contributed by atoms with van der Waals surface area (Å²) in [6, 6.07) is 9.17. The van der Waals surface area contributed by atoms with Crippen LogP contribution < -0.4 is 10.6 Å². The fourth-order valence-electron chi connectivity index (χ4n) is 4.30. The molecule has 3 rings (SSSR count). The Kier molecular flexibility index (Phi) is 6.76. The number of hydrogen-bond donors (Lipinski definition) is 2. The molecular formula is C20H32IN3O. The zero-order valence-electron chi connectivity index (χ0n) is 16.0. The number of aryl methyl sites for hydroxylation is 1. The van der Waals surface area contributed by atoms with Crippen LogP contribution in [0.2, 0.25) is 0 Å². The zero-order chi connectivity index (χ0) is 17.3. The van der Waals surface area contributed by atoms with Crippen molar-refractivity contribution in [3.05, 3.63) is 35.4 Å². The molecule has 1 aromatic rings. The van der Waals surface area contributed by atoms with Crippen molar-refractivity contribution in [3.63, 3.8) is 0 Å². The minimum atomic E-state index is 0. The van der Waals surface area contributed by atoms with E-state index in [1.807, 2.05) is 7.05 Å². The second kappa shape index (κ2) is 8.25. The van der Waals surface area contributed by atoms with Crippen LogP contribution in [0.1, 0.15) is 44.2 Å². The van der Waals surface area contributed by atoms with E-state index in [-0.39, 0.29) is 29.4 Å². The molecule has 2 aliphatic rings. The molecule has 4 atom stereocenters. The minimum Gasteiger partial charge on any atom is -0.377 e. The number of ether oxygens (including phenoxy) is 1. The van der Waals surface area contributed by atoms with Crippen LogP contribution in [0.3, 0.4) is 0 Å². The molecule has 0 aromatic heterocycles. The normalized spacial score (nSPS) is 28.4. The Morgan fingerprint density at radius 3 is 2.84 bits per heavy atom. The number of hydrogen-bond acceptors (Lipinski definition) is 2. The van der Waals surface area contributed by atoms with Crippen LogP contribution in [0.25, 0.3) is 0 Å². The second-order valence-electron chi connectivity index (χ2n) is 7.96. The van der Waals surface area contributed by atoms with E-state index in [4.69, 9.17) is 4.74 Å². The summed E-state index contributed by atoms with van der Waals surface area (Å²) in [6.45, 7) is 10.7. The Balaban J connectivity index is 0.00000225. The number of fused-ring (bicyclic) bond motifs is 1. The van der Waals surface area contributed by atoms with Crippen LogP contribution in [-0.2, 0) is 4.74 Å². The summed E-state index contributed by atoms with van der Waals surface area (Å²) in [4.78, 5) is 4.43. The molecule has 1 aliphatic carbocycles. The summed E-state index contributed by atoms with van der Waals surface area (Å²) in [6.07, 6.45) is 1.56. The number of aliphatic imine (C=N–C) groups is 1. The van der Waals surface area contributed by atoms with Gasteiger partial charge in [0.15, 0.2) is 5.96 Å². The summed E-state index contributed by atoms with van der Waals surface area (Å²) in [5.41, 5.74) is 2.84. The number of rotatable bonds is 4. The van der Waals surface area contributed by atoms with E-state index >= 15 is 0 Å². The molecule has 5 heteroatoms. The van der Waals surface area contributed by atoms with Crippen LogP contribution >= 0.6 is 24.0 Å². The first-order valence-corrected chi connectivity index (χ1v) is 9.09. The van der Waals surface area contributed by atoms with Gasteiger partial charge in [0.05, 0.1) is 6.10 Å². The Bertz CT molecular complexity index is 617. The highest BCUT2D eigenvalue weighted by atomic mass is 127. The lowest BCUT2D eigenvalue weighted by Gasteiger charge is -2.54. The van der Waals surface area contributed by atoms with Gasteiger partial charge in [0.25, 0.3) is 0 Å². The van der Waals surface area contributed by atoms with Crippen molar-refractivity contribution < 1.29 is 4.74 Å². The van der Waals surface area contributed by atoms with Crippen molar-refractivity contribution in [2.75, 3.05) is 20.2 Å². The molecule has 4 unspecified atom stereocenters. The monoisotopic (exact) mass is 457 g/mol. The van der Waals surface area contributed by atoms with Crippen LogP contribution in [0.15, 0.2) is 29.3 Å². The van der Waals surface area contributed by atoms with Crippen molar-refractivity contribution in [1.82, 2.24) is 10.6 Å². The highest BCUT2D eigenvalue weighted by molar-refractivity contribution is 14.0. The summed E-state index contributed by atoms with van der Waals surface area (Å²) < 4.78 is 5.88. The van der Waals surface area contributed by atoms with Gasteiger partial charge in [-0.1, -0.05) is 50.6 Å². The maximum atomic E-state index is 5.88. The average molecular weight is 457 g/mol.